The van der Waals surface area contributed by atoms with E-state index in [-0.39, 0.29) is 0 Å². The second-order valence-electron chi connectivity index (χ2n) is 4.33. The highest BCUT2D eigenvalue weighted by Gasteiger charge is 2.20. The Morgan fingerprint density at radius 2 is 2.27 bits per heavy atom. The summed E-state index contributed by atoms with van der Waals surface area (Å²) in [5.41, 5.74) is 0. The number of hydrogen-bond donors (Lipinski definition) is 0. The number of rotatable bonds is 5. The summed E-state index contributed by atoms with van der Waals surface area (Å²) in [5, 5.41) is 0. The van der Waals surface area contributed by atoms with E-state index in [1.54, 1.807) is 0 Å². The minimum atomic E-state index is 0.980. The highest BCUT2D eigenvalue weighted by molar-refractivity contribution is 9.11. The minimum absolute atomic E-state index is 0.980. The van der Waals surface area contributed by atoms with Gasteiger partial charge in [-0.25, -0.2) is 0 Å². The maximum atomic E-state index is 3.52. The molecule has 1 heterocycles. The molecular weight excluding hydrogens is 270 g/mol. The first-order valence-electron chi connectivity index (χ1n) is 5.74. The molecule has 1 aliphatic carbocycles. The summed E-state index contributed by atoms with van der Waals surface area (Å²) in [6.07, 6.45) is 4.35. The van der Waals surface area contributed by atoms with Gasteiger partial charge in [-0.15, -0.1) is 11.3 Å². The fraction of sp³-hybridized carbons (Fsp3) is 0.667. The lowest BCUT2D eigenvalue weighted by Crippen LogP contribution is -2.31. The summed E-state index contributed by atoms with van der Waals surface area (Å²) < 4.78 is 1.25. The average Bonchev–Trinajstić information content (AvgIpc) is 2.55. The van der Waals surface area contributed by atoms with Crippen LogP contribution in [0.15, 0.2) is 15.9 Å². The lowest BCUT2D eigenvalue weighted by Gasteiger charge is -2.31. The van der Waals surface area contributed by atoms with Crippen molar-refractivity contribution in [1.29, 1.82) is 0 Å². The van der Waals surface area contributed by atoms with Crippen molar-refractivity contribution in [2.45, 2.75) is 32.7 Å². The molecule has 1 aromatic rings. The van der Waals surface area contributed by atoms with E-state index in [4.69, 9.17) is 0 Å². The van der Waals surface area contributed by atoms with Crippen molar-refractivity contribution < 1.29 is 0 Å². The lowest BCUT2D eigenvalue weighted by atomic mass is 9.85. The van der Waals surface area contributed by atoms with Gasteiger partial charge < -0.3 is 0 Å². The van der Waals surface area contributed by atoms with E-state index in [0.717, 1.165) is 12.5 Å². The summed E-state index contributed by atoms with van der Waals surface area (Å²) in [7, 11) is 0. The molecule has 0 spiro atoms. The van der Waals surface area contributed by atoms with E-state index in [9.17, 15) is 0 Å². The fourth-order valence-electron chi connectivity index (χ4n) is 2.00. The maximum absolute atomic E-state index is 3.52. The quantitative estimate of drug-likeness (QED) is 0.787. The second-order valence-corrected chi connectivity index (χ2v) is 6.88. The van der Waals surface area contributed by atoms with Crippen LogP contribution in [0.2, 0.25) is 0 Å². The van der Waals surface area contributed by atoms with Gasteiger partial charge in [0.15, 0.2) is 0 Å². The van der Waals surface area contributed by atoms with Crippen molar-refractivity contribution in [3.63, 3.8) is 0 Å². The van der Waals surface area contributed by atoms with Gasteiger partial charge in [0.25, 0.3) is 0 Å². The zero-order valence-electron chi connectivity index (χ0n) is 9.21. The van der Waals surface area contributed by atoms with Crippen LogP contribution in [0.4, 0.5) is 0 Å². The predicted octanol–water partition coefficient (Wildman–Crippen LogP) is 4.13. The number of nitrogens with zero attached hydrogens (tertiary/aromatic N) is 1. The monoisotopic (exact) mass is 287 g/mol. The zero-order chi connectivity index (χ0) is 10.7. The Balaban J connectivity index is 1.84. The van der Waals surface area contributed by atoms with E-state index in [0.29, 0.717) is 0 Å². The molecule has 1 fully saturated rings. The van der Waals surface area contributed by atoms with Gasteiger partial charge in [0.05, 0.1) is 3.79 Å². The number of hydrogen-bond acceptors (Lipinski definition) is 2. The largest absolute Gasteiger partial charge is 0.298 e. The molecule has 0 aliphatic heterocycles. The van der Waals surface area contributed by atoms with Crippen molar-refractivity contribution >= 4 is 27.3 Å². The van der Waals surface area contributed by atoms with Crippen LogP contribution in [0.3, 0.4) is 0 Å². The summed E-state index contributed by atoms with van der Waals surface area (Å²) in [6, 6.07) is 4.38. The summed E-state index contributed by atoms with van der Waals surface area (Å²) in [6.45, 7) is 5.86. The molecule has 0 bridgehead atoms. The molecule has 0 atom stereocenters. The Morgan fingerprint density at radius 3 is 2.73 bits per heavy atom. The van der Waals surface area contributed by atoms with Gasteiger partial charge in [0, 0.05) is 18.0 Å². The molecule has 2 rings (SSSR count). The molecule has 1 nitrogen and oxygen atoms in total. The standard InChI is InChI=1S/C12H18BrNS/c1-2-14(8-10-4-3-5-10)9-11-6-7-12(13)15-11/h6-7,10H,2-5,8-9H2,1H3. The van der Waals surface area contributed by atoms with Crippen molar-refractivity contribution in [2.75, 3.05) is 13.1 Å². The second kappa shape index (κ2) is 5.46. The zero-order valence-corrected chi connectivity index (χ0v) is 11.6. The average molecular weight is 288 g/mol. The highest BCUT2D eigenvalue weighted by atomic mass is 79.9. The molecule has 0 amide bonds. The predicted molar refractivity (Wildman–Crippen MR) is 70.3 cm³/mol. The van der Waals surface area contributed by atoms with Gasteiger partial charge in [-0.3, -0.25) is 4.90 Å². The van der Waals surface area contributed by atoms with Crippen molar-refractivity contribution in [2.24, 2.45) is 5.92 Å². The third-order valence-corrected chi connectivity index (χ3v) is 4.81. The minimum Gasteiger partial charge on any atom is -0.298 e. The first-order valence-corrected chi connectivity index (χ1v) is 7.35. The summed E-state index contributed by atoms with van der Waals surface area (Å²) in [5.74, 6) is 0.980. The number of halogens is 1. The molecule has 1 aliphatic rings. The lowest BCUT2D eigenvalue weighted by molar-refractivity contribution is 0.179. The Hall–Kier alpha value is 0.140. The van der Waals surface area contributed by atoms with Gasteiger partial charge in [0.1, 0.15) is 0 Å². The highest BCUT2D eigenvalue weighted by Crippen LogP contribution is 2.28. The Bertz CT molecular complexity index is 306. The van der Waals surface area contributed by atoms with E-state index >= 15 is 0 Å². The molecule has 0 aromatic carbocycles. The van der Waals surface area contributed by atoms with Crippen LogP contribution in [-0.4, -0.2) is 18.0 Å². The number of thiophene rings is 1. The topological polar surface area (TPSA) is 3.24 Å². The van der Waals surface area contributed by atoms with Crippen LogP contribution in [0, 0.1) is 5.92 Å². The Morgan fingerprint density at radius 1 is 1.47 bits per heavy atom. The molecule has 0 radical (unpaired) electrons. The SMILES string of the molecule is CCN(Cc1ccc(Br)s1)CC1CCC1. The van der Waals surface area contributed by atoms with E-state index < -0.39 is 0 Å². The van der Waals surface area contributed by atoms with Gasteiger partial charge >= 0.3 is 0 Å². The summed E-state index contributed by atoms with van der Waals surface area (Å²) in [4.78, 5) is 4.05. The van der Waals surface area contributed by atoms with Crippen LogP contribution >= 0.6 is 27.3 Å². The van der Waals surface area contributed by atoms with Crippen LogP contribution in [0.1, 0.15) is 31.1 Å². The third-order valence-electron chi connectivity index (χ3n) is 3.20. The molecule has 1 aromatic heterocycles. The molecule has 0 N–H and O–H groups in total. The van der Waals surface area contributed by atoms with E-state index in [1.807, 2.05) is 11.3 Å². The van der Waals surface area contributed by atoms with Crippen LogP contribution < -0.4 is 0 Å². The third kappa shape index (κ3) is 3.30. The van der Waals surface area contributed by atoms with Gasteiger partial charge in [-0.2, -0.15) is 0 Å². The molecule has 1 saturated carbocycles. The van der Waals surface area contributed by atoms with Gasteiger partial charge in [-0.1, -0.05) is 13.3 Å². The molecule has 84 valence electrons. The normalized spacial score (nSPS) is 17.0. The smallest absolute Gasteiger partial charge is 0.0701 e. The molecule has 15 heavy (non-hydrogen) atoms. The Kier molecular flexibility index (Phi) is 4.23. The molecule has 3 heteroatoms. The van der Waals surface area contributed by atoms with Crippen LogP contribution in [-0.2, 0) is 6.54 Å². The van der Waals surface area contributed by atoms with Gasteiger partial charge in [0.2, 0.25) is 0 Å². The van der Waals surface area contributed by atoms with Gasteiger partial charge in [-0.05, 0) is 53.4 Å². The fourth-order valence-corrected chi connectivity index (χ4v) is 3.53. The Labute approximate surface area is 105 Å². The molecule has 0 unspecified atom stereocenters. The maximum Gasteiger partial charge on any atom is 0.0701 e. The first kappa shape index (κ1) is 11.6. The van der Waals surface area contributed by atoms with Crippen molar-refractivity contribution in [1.82, 2.24) is 4.90 Å². The summed E-state index contributed by atoms with van der Waals surface area (Å²) >= 11 is 5.38. The molecule has 0 saturated heterocycles. The van der Waals surface area contributed by atoms with Crippen LogP contribution in [0.25, 0.3) is 0 Å². The van der Waals surface area contributed by atoms with Crippen molar-refractivity contribution in [3.8, 4) is 0 Å². The van der Waals surface area contributed by atoms with Crippen molar-refractivity contribution in [3.05, 3.63) is 20.8 Å². The molecular formula is C12H18BrNS. The van der Waals surface area contributed by atoms with E-state index in [2.05, 4.69) is 39.9 Å². The van der Waals surface area contributed by atoms with E-state index in [1.165, 1.54) is 41.0 Å². The first-order chi connectivity index (χ1) is 7.28. The van der Waals surface area contributed by atoms with Crippen LogP contribution in [0.5, 0.6) is 0 Å².